The van der Waals surface area contributed by atoms with Crippen LogP contribution in [0.2, 0.25) is 0 Å². The van der Waals surface area contributed by atoms with Gasteiger partial charge < -0.3 is 15.2 Å². The number of nitrogens with zero attached hydrogens (tertiary/aromatic N) is 1. The van der Waals surface area contributed by atoms with Crippen LogP contribution in [0, 0.1) is 10.1 Å². The quantitative estimate of drug-likeness (QED) is 0.358. The first-order valence-corrected chi connectivity index (χ1v) is 4.87. The van der Waals surface area contributed by atoms with Gasteiger partial charge in [0, 0.05) is 0 Å². The summed E-state index contributed by atoms with van der Waals surface area (Å²) in [6.07, 6.45) is 0. The summed E-state index contributed by atoms with van der Waals surface area (Å²) < 4.78 is 9.63. The van der Waals surface area contributed by atoms with Gasteiger partial charge >= 0.3 is 11.7 Å². The SMILES string of the molecule is CCOC(=O)COc1cccc(N)c1[N+](=O)[O-]. The largest absolute Gasteiger partial charge is 0.475 e. The van der Waals surface area contributed by atoms with Crippen LogP contribution in [0.3, 0.4) is 0 Å². The van der Waals surface area contributed by atoms with E-state index in [-0.39, 0.29) is 23.7 Å². The third-order valence-electron chi connectivity index (χ3n) is 1.86. The van der Waals surface area contributed by atoms with Gasteiger partial charge in [-0.15, -0.1) is 0 Å². The standard InChI is InChI=1S/C10H12N2O5/c1-2-16-9(13)6-17-8-5-3-4-7(11)10(8)12(14)15/h3-5H,2,6,11H2,1H3. The molecule has 0 fully saturated rings. The summed E-state index contributed by atoms with van der Waals surface area (Å²) in [6.45, 7) is 1.49. The molecule has 1 aromatic carbocycles. The fourth-order valence-electron chi connectivity index (χ4n) is 1.19. The minimum atomic E-state index is -0.657. The van der Waals surface area contributed by atoms with E-state index in [0.717, 1.165) is 0 Å². The van der Waals surface area contributed by atoms with Crippen molar-refractivity contribution in [3.8, 4) is 5.75 Å². The Labute approximate surface area is 97.3 Å². The zero-order valence-electron chi connectivity index (χ0n) is 9.21. The highest BCUT2D eigenvalue weighted by molar-refractivity contribution is 5.72. The van der Waals surface area contributed by atoms with Gasteiger partial charge in [-0.05, 0) is 19.1 Å². The third-order valence-corrected chi connectivity index (χ3v) is 1.86. The minimum Gasteiger partial charge on any atom is -0.475 e. The Bertz CT molecular complexity index is 433. The fraction of sp³-hybridized carbons (Fsp3) is 0.300. The molecule has 1 aromatic rings. The Hall–Kier alpha value is -2.31. The number of carbonyl (C=O) groups excluding carboxylic acids is 1. The van der Waals surface area contributed by atoms with E-state index in [2.05, 4.69) is 4.74 Å². The van der Waals surface area contributed by atoms with Crippen molar-refractivity contribution in [2.75, 3.05) is 18.9 Å². The smallest absolute Gasteiger partial charge is 0.344 e. The molecule has 0 atom stereocenters. The minimum absolute atomic E-state index is 0.0173. The van der Waals surface area contributed by atoms with E-state index < -0.39 is 17.5 Å². The number of nitro benzene ring substituents is 1. The Morgan fingerprint density at radius 3 is 2.82 bits per heavy atom. The lowest BCUT2D eigenvalue weighted by molar-refractivity contribution is -0.384. The number of para-hydroxylation sites is 1. The molecule has 0 aliphatic heterocycles. The summed E-state index contributed by atoms with van der Waals surface area (Å²) in [7, 11) is 0. The maximum atomic E-state index is 11.0. The van der Waals surface area contributed by atoms with Crippen LogP contribution in [0.1, 0.15) is 6.92 Å². The van der Waals surface area contributed by atoms with Gasteiger partial charge in [0.2, 0.25) is 0 Å². The van der Waals surface area contributed by atoms with E-state index in [4.69, 9.17) is 10.5 Å². The summed E-state index contributed by atoms with van der Waals surface area (Å²) in [5, 5.41) is 10.7. The second-order valence-electron chi connectivity index (χ2n) is 3.04. The second kappa shape index (κ2) is 5.69. The van der Waals surface area contributed by atoms with Crippen LogP contribution < -0.4 is 10.5 Å². The van der Waals surface area contributed by atoms with Crippen LogP contribution in [0.5, 0.6) is 5.75 Å². The normalized spacial score (nSPS) is 9.71. The summed E-state index contributed by atoms with van der Waals surface area (Å²) >= 11 is 0. The summed E-state index contributed by atoms with van der Waals surface area (Å²) in [4.78, 5) is 21.1. The Morgan fingerprint density at radius 2 is 2.24 bits per heavy atom. The zero-order chi connectivity index (χ0) is 12.8. The van der Waals surface area contributed by atoms with E-state index in [1.807, 2.05) is 0 Å². The molecule has 0 aromatic heterocycles. The predicted molar refractivity (Wildman–Crippen MR) is 59.6 cm³/mol. The first-order valence-electron chi connectivity index (χ1n) is 4.87. The summed E-state index contributed by atoms with van der Waals surface area (Å²) in [5.41, 5.74) is 5.08. The summed E-state index contributed by atoms with van der Waals surface area (Å²) in [5.74, 6) is -0.646. The first kappa shape index (κ1) is 12.8. The highest BCUT2D eigenvalue weighted by atomic mass is 16.6. The van der Waals surface area contributed by atoms with Crippen LogP contribution in [0.25, 0.3) is 0 Å². The van der Waals surface area contributed by atoms with Gasteiger partial charge in [-0.3, -0.25) is 10.1 Å². The van der Waals surface area contributed by atoms with Gasteiger partial charge in [-0.2, -0.15) is 0 Å². The lowest BCUT2D eigenvalue weighted by Crippen LogP contribution is -2.15. The van der Waals surface area contributed by atoms with Crippen molar-refractivity contribution in [2.24, 2.45) is 0 Å². The molecule has 0 bridgehead atoms. The van der Waals surface area contributed by atoms with Crippen molar-refractivity contribution in [3.63, 3.8) is 0 Å². The number of benzene rings is 1. The lowest BCUT2D eigenvalue weighted by atomic mass is 10.2. The molecular weight excluding hydrogens is 228 g/mol. The van der Waals surface area contributed by atoms with Gasteiger partial charge in [0.25, 0.3) is 0 Å². The number of anilines is 1. The van der Waals surface area contributed by atoms with Gasteiger partial charge in [0.1, 0.15) is 5.69 Å². The third kappa shape index (κ3) is 3.33. The molecule has 0 aliphatic carbocycles. The molecule has 0 unspecified atom stereocenters. The molecule has 92 valence electrons. The van der Waals surface area contributed by atoms with E-state index in [9.17, 15) is 14.9 Å². The molecule has 0 saturated heterocycles. The molecule has 0 spiro atoms. The average molecular weight is 240 g/mol. The zero-order valence-corrected chi connectivity index (χ0v) is 9.21. The maximum Gasteiger partial charge on any atom is 0.344 e. The first-order chi connectivity index (χ1) is 8.06. The van der Waals surface area contributed by atoms with Crippen molar-refractivity contribution in [2.45, 2.75) is 6.92 Å². The van der Waals surface area contributed by atoms with Crippen LogP contribution >= 0.6 is 0 Å². The molecular formula is C10H12N2O5. The van der Waals surface area contributed by atoms with Crippen LogP contribution in [0.4, 0.5) is 11.4 Å². The van der Waals surface area contributed by atoms with Gasteiger partial charge in [0.15, 0.2) is 12.4 Å². The Kier molecular flexibility index (Phi) is 4.27. The molecule has 17 heavy (non-hydrogen) atoms. The van der Waals surface area contributed by atoms with E-state index in [1.165, 1.54) is 18.2 Å². The van der Waals surface area contributed by atoms with Crippen molar-refractivity contribution in [1.29, 1.82) is 0 Å². The topological polar surface area (TPSA) is 105 Å². The maximum absolute atomic E-state index is 11.0. The molecule has 1 rings (SSSR count). The molecule has 7 heteroatoms. The number of carbonyl (C=O) groups is 1. The monoisotopic (exact) mass is 240 g/mol. The van der Waals surface area contributed by atoms with Gasteiger partial charge in [-0.25, -0.2) is 4.79 Å². The number of hydrogen-bond acceptors (Lipinski definition) is 6. The lowest BCUT2D eigenvalue weighted by Gasteiger charge is -2.07. The van der Waals surface area contributed by atoms with Crippen molar-refractivity contribution in [1.82, 2.24) is 0 Å². The number of esters is 1. The van der Waals surface area contributed by atoms with Crippen molar-refractivity contribution >= 4 is 17.3 Å². The van der Waals surface area contributed by atoms with Crippen molar-refractivity contribution < 1.29 is 19.2 Å². The van der Waals surface area contributed by atoms with Gasteiger partial charge in [0.05, 0.1) is 11.5 Å². The summed E-state index contributed by atoms with van der Waals surface area (Å²) in [6, 6.07) is 4.26. The number of ether oxygens (including phenoxy) is 2. The number of hydrogen-bond donors (Lipinski definition) is 1. The number of nitrogens with two attached hydrogens (primary N) is 1. The highest BCUT2D eigenvalue weighted by Gasteiger charge is 2.19. The van der Waals surface area contributed by atoms with E-state index in [0.29, 0.717) is 0 Å². The highest BCUT2D eigenvalue weighted by Crippen LogP contribution is 2.32. The number of nitrogen functional groups attached to an aromatic ring is 1. The van der Waals surface area contributed by atoms with Crippen LogP contribution in [0.15, 0.2) is 18.2 Å². The molecule has 0 heterocycles. The Morgan fingerprint density at radius 1 is 1.53 bits per heavy atom. The molecule has 7 nitrogen and oxygen atoms in total. The molecule has 0 saturated carbocycles. The second-order valence-corrected chi connectivity index (χ2v) is 3.04. The molecule has 0 radical (unpaired) electrons. The van der Waals surface area contributed by atoms with E-state index >= 15 is 0 Å². The van der Waals surface area contributed by atoms with E-state index in [1.54, 1.807) is 6.92 Å². The molecule has 2 N–H and O–H groups in total. The fourth-order valence-corrected chi connectivity index (χ4v) is 1.19. The Balaban J connectivity index is 2.81. The predicted octanol–water partition coefficient (Wildman–Crippen LogP) is 1.12. The average Bonchev–Trinajstić information content (AvgIpc) is 2.26. The molecule has 0 aliphatic rings. The van der Waals surface area contributed by atoms with Crippen molar-refractivity contribution in [3.05, 3.63) is 28.3 Å². The van der Waals surface area contributed by atoms with Crippen LogP contribution in [-0.4, -0.2) is 24.1 Å². The molecule has 0 amide bonds. The van der Waals surface area contributed by atoms with Crippen LogP contribution in [-0.2, 0) is 9.53 Å². The number of nitro groups is 1. The number of rotatable bonds is 5. The van der Waals surface area contributed by atoms with Gasteiger partial charge in [-0.1, -0.05) is 6.07 Å².